The molecule has 74 valence electrons. The lowest BCUT2D eigenvalue weighted by molar-refractivity contribution is 0.627. The molecule has 2 nitrogen and oxygen atoms in total. The number of allylic oxidation sites excluding steroid dienone is 1. The fourth-order valence-electron chi connectivity index (χ4n) is 1.46. The Morgan fingerprint density at radius 2 is 1.86 bits per heavy atom. The van der Waals surface area contributed by atoms with Crippen LogP contribution in [0.1, 0.15) is 17.5 Å². The maximum Gasteiger partial charge on any atom is 0.218 e. The minimum absolute atomic E-state index is 0. The van der Waals surface area contributed by atoms with Crippen LogP contribution in [0.25, 0.3) is 6.08 Å². The van der Waals surface area contributed by atoms with Crippen LogP contribution >= 0.6 is 12.4 Å². The maximum atomic E-state index is 10.8. The topological polar surface area (TPSA) is 34.1 Å². The predicted octanol–water partition coefficient (Wildman–Crippen LogP) is 1.92. The summed E-state index contributed by atoms with van der Waals surface area (Å²) < 4.78 is 21.7. The number of fused-ring (bicyclic) bond motifs is 1. The quantitative estimate of drug-likeness (QED) is 0.636. The second-order valence-electron chi connectivity index (χ2n) is 2.85. The van der Waals surface area contributed by atoms with Crippen molar-refractivity contribution >= 4 is 33.6 Å². The molecule has 1 aromatic rings. The van der Waals surface area contributed by atoms with Gasteiger partial charge in [-0.3, -0.25) is 0 Å². The number of hydrogen-bond donors (Lipinski definition) is 0. The van der Waals surface area contributed by atoms with E-state index < -0.39 is 10.3 Å². The Bertz CT molecular complexity index is 493. The largest absolute Gasteiger partial charge is 0.218 e. The van der Waals surface area contributed by atoms with Crippen molar-refractivity contribution in [2.45, 2.75) is 6.42 Å². The Hall–Kier alpha value is -1.06. The fourth-order valence-corrected chi connectivity index (χ4v) is 2.05. The average Bonchev–Trinajstić information content (AvgIpc) is 2.17. The van der Waals surface area contributed by atoms with Gasteiger partial charge in [0, 0.05) is 12.0 Å². The normalized spacial score (nSPS) is 13.0. The van der Waals surface area contributed by atoms with Crippen LogP contribution < -0.4 is 0 Å². The summed E-state index contributed by atoms with van der Waals surface area (Å²) in [4.78, 5) is 0.484. The van der Waals surface area contributed by atoms with E-state index in [1.165, 1.54) is 0 Å². The van der Waals surface area contributed by atoms with Crippen LogP contribution in [-0.2, 0) is 10.3 Å². The summed E-state index contributed by atoms with van der Waals surface area (Å²) in [5.41, 5.74) is 1.81. The van der Waals surface area contributed by atoms with Crippen molar-refractivity contribution in [2.24, 2.45) is 0 Å². The first-order chi connectivity index (χ1) is 6.29. The van der Waals surface area contributed by atoms with Gasteiger partial charge in [-0.15, -0.1) is 12.4 Å². The Balaban J connectivity index is 0.000000980. The highest BCUT2D eigenvalue weighted by atomic mass is 35.5. The molecule has 0 saturated heterocycles. The Morgan fingerprint density at radius 1 is 1.14 bits per heavy atom. The van der Waals surface area contributed by atoms with E-state index in [2.05, 4.69) is 0 Å². The van der Waals surface area contributed by atoms with E-state index in [9.17, 15) is 8.42 Å². The lowest BCUT2D eigenvalue weighted by Gasteiger charge is -2.09. The fraction of sp³-hybridized carbons (Fsp3) is 0.100. The van der Waals surface area contributed by atoms with E-state index in [1.807, 2.05) is 36.4 Å². The van der Waals surface area contributed by atoms with E-state index in [4.69, 9.17) is 0 Å². The smallest absolute Gasteiger partial charge is 0.184 e. The van der Waals surface area contributed by atoms with E-state index in [1.54, 1.807) is 0 Å². The molecular formula is C10H9ClO2S. The molecule has 0 aliphatic heterocycles. The molecule has 0 spiro atoms. The van der Waals surface area contributed by atoms with Crippen molar-refractivity contribution in [3.8, 4) is 0 Å². The van der Waals surface area contributed by atoms with Crippen molar-refractivity contribution in [2.75, 3.05) is 0 Å². The van der Waals surface area contributed by atoms with Crippen molar-refractivity contribution in [3.63, 3.8) is 0 Å². The van der Waals surface area contributed by atoms with Crippen LogP contribution in [0.5, 0.6) is 0 Å². The molecule has 0 saturated carbocycles. The molecule has 4 heteroatoms. The van der Waals surface area contributed by atoms with E-state index >= 15 is 0 Å². The van der Waals surface area contributed by atoms with Gasteiger partial charge in [0.05, 0.1) is 4.86 Å². The first-order valence-electron chi connectivity index (χ1n) is 4.00. The van der Waals surface area contributed by atoms with Crippen molar-refractivity contribution in [1.29, 1.82) is 0 Å². The lowest BCUT2D eigenvalue weighted by atomic mass is 9.98. The summed E-state index contributed by atoms with van der Waals surface area (Å²) >= 11 is 0. The number of benzene rings is 1. The van der Waals surface area contributed by atoms with Gasteiger partial charge in [0.25, 0.3) is 0 Å². The molecule has 0 atom stereocenters. The van der Waals surface area contributed by atoms with E-state index in [0.29, 0.717) is 11.3 Å². The zero-order chi connectivity index (χ0) is 9.26. The highest BCUT2D eigenvalue weighted by Crippen LogP contribution is 2.18. The lowest BCUT2D eigenvalue weighted by Crippen LogP contribution is -2.06. The van der Waals surface area contributed by atoms with Crippen molar-refractivity contribution < 1.29 is 8.42 Å². The molecule has 1 aliphatic rings. The van der Waals surface area contributed by atoms with Crippen LogP contribution in [0.15, 0.2) is 30.3 Å². The van der Waals surface area contributed by atoms with Crippen molar-refractivity contribution in [3.05, 3.63) is 41.5 Å². The van der Waals surface area contributed by atoms with Crippen molar-refractivity contribution in [1.82, 2.24) is 0 Å². The summed E-state index contributed by atoms with van der Waals surface area (Å²) in [6.45, 7) is 0. The molecule has 0 fully saturated rings. The third kappa shape index (κ3) is 1.89. The Morgan fingerprint density at radius 3 is 2.57 bits per heavy atom. The zero-order valence-electron chi connectivity index (χ0n) is 7.30. The summed E-state index contributed by atoms with van der Waals surface area (Å²) in [6, 6.07) is 7.51. The molecule has 0 heterocycles. The zero-order valence-corrected chi connectivity index (χ0v) is 8.94. The van der Waals surface area contributed by atoms with E-state index in [0.717, 1.165) is 11.1 Å². The van der Waals surface area contributed by atoms with Gasteiger partial charge in [-0.05, 0) is 5.56 Å². The van der Waals surface area contributed by atoms with Gasteiger partial charge >= 0.3 is 0 Å². The van der Waals surface area contributed by atoms with Crippen LogP contribution in [0.4, 0.5) is 0 Å². The van der Waals surface area contributed by atoms with Crippen LogP contribution in [0, 0.1) is 0 Å². The monoisotopic (exact) mass is 228 g/mol. The molecule has 14 heavy (non-hydrogen) atoms. The second-order valence-corrected chi connectivity index (χ2v) is 3.81. The number of hydrogen-bond acceptors (Lipinski definition) is 2. The molecule has 0 N–H and O–H groups in total. The number of rotatable bonds is 0. The minimum atomic E-state index is -2.10. The van der Waals surface area contributed by atoms with Crippen LogP contribution in [0.3, 0.4) is 0 Å². The SMILES string of the molecule is Cl.O=S(=O)=C1CC=Cc2ccccc21. The van der Waals surface area contributed by atoms with Gasteiger partial charge in [-0.1, -0.05) is 36.4 Å². The minimum Gasteiger partial charge on any atom is -0.184 e. The molecule has 0 aromatic heterocycles. The molecular weight excluding hydrogens is 220 g/mol. The number of halogens is 1. The van der Waals surface area contributed by atoms with Gasteiger partial charge in [0.15, 0.2) is 0 Å². The molecule has 0 unspecified atom stereocenters. The molecule has 0 amide bonds. The van der Waals surface area contributed by atoms with Gasteiger partial charge < -0.3 is 0 Å². The summed E-state index contributed by atoms with van der Waals surface area (Å²) in [5.74, 6) is 0. The third-order valence-electron chi connectivity index (χ3n) is 2.06. The van der Waals surface area contributed by atoms with Gasteiger partial charge in [0.2, 0.25) is 10.3 Å². The second kappa shape index (κ2) is 4.44. The van der Waals surface area contributed by atoms with Crippen LogP contribution in [-0.4, -0.2) is 13.3 Å². The molecule has 1 aliphatic carbocycles. The first kappa shape index (κ1) is 11.0. The van der Waals surface area contributed by atoms with Gasteiger partial charge in [0.1, 0.15) is 0 Å². The molecule has 0 bridgehead atoms. The highest BCUT2D eigenvalue weighted by Gasteiger charge is 2.10. The molecule has 1 aromatic carbocycles. The summed E-state index contributed by atoms with van der Waals surface area (Å²) in [7, 11) is -2.10. The first-order valence-corrected chi connectivity index (χ1v) is 5.07. The Labute approximate surface area is 90.2 Å². The predicted molar refractivity (Wildman–Crippen MR) is 60.4 cm³/mol. The molecule has 2 rings (SSSR count). The standard InChI is InChI=1S/C10H8O2S.ClH/c11-13(12)10-7-3-5-8-4-1-2-6-9(8)10;/h1-6H,7H2;1H. The van der Waals surface area contributed by atoms with E-state index in [-0.39, 0.29) is 12.4 Å². The summed E-state index contributed by atoms with van der Waals surface area (Å²) in [6.07, 6.45) is 4.33. The van der Waals surface area contributed by atoms with Crippen LogP contribution in [0.2, 0.25) is 0 Å². The summed E-state index contributed by atoms with van der Waals surface area (Å²) in [5, 5.41) is 0. The average molecular weight is 229 g/mol. The Kier molecular flexibility index (Phi) is 3.49. The highest BCUT2D eigenvalue weighted by molar-refractivity contribution is 7.73. The third-order valence-corrected chi connectivity index (χ3v) is 2.85. The van der Waals surface area contributed by atoms with Gasteiger partial charge in [-0.2, -0.15) is 8.42 Å². The molecule has 0 radical (unpaired) electrons. The maximum absolute atomic E-state index is 10.8. The van der Waals surface area contributed by atoms with Gasteiger partial charge in [-0.25, -0.2) is 0 Å².